The molecule has 2 rings (SSSR count). The van der Waals surface area contributed by atoms with Crippen molar-refractivity contribution in [2.75, 3.05) is 24.7 Å². The van der Waals surface area contributed by atoms with Crippen LogP contribution in [0.1, 0.15) is 44.2 Å². The molecule has 0 radical (unpaired) electrons. The monoisotopic (exact) mass is 293 g/mol. The maximum atomic E-state index is 11.7. The average molecular weight is 293 g/mol. The highest BCUT2D eigenvalue weighted by molar-refractivity contribution is 5.85. The summed E-state index contributed by atoms with van der Waals surface area (Å²) in [6, 6.07) is 1.80. The topological polar surface area (TPSA) is 75.5 Å². The van der Waals surface area contributed by atoms with Crippen molar-refractivity contribution in [3.63, 3.8) is 0 Å². The predicted octanol–water partition coefficient (Wildman–Crippen LogP) is 1.64. The van der Waals surface area contributed by atoms with Gasteiger partial charge < -0.3 is 14.7 Å². The molecule has 0 saturated carbocycles. The van der Waals surface area contributed by atoms with Gasteiger partial charge in [0.05, 0.1) is 19.3 Å². The number of rotatable bonds is 4. The van der Waals surface area contributed by atoms with Crippen molar-refractivity contribution in [3.8, 4) is 0 Å². The van der Waals surface area contributed by atoms with E-state index in [2.05, 4.69) is 28.7 Å². The number of aliphatic hydroxyl groups is 1. The molecule has 0 spiro atoms. The van der Waals surface area contributed by atoms with Crippen molar-refractivity contribution >= 4 is 11.8 Å². The van der Waals surface area contributed by atoms with E-state index in [1.54, 1.807) is 19.2 Å². The van der Waals surface area contributed by atoms with Crippen LogP contribution in [0.5, 0.6) is 0 Å². The molecule has 1 atom stereocenters. The predicted molar refractivity (Wildman–Crippen MR) is 79.2 cm³/mol. The van der Waals surface area contributed by atoms with Gasteiger partial charge in [-0.3, -0.25) is 0 Å². The molecule has 21 heavy (non-hydrogen) atoms. The maximum absolute atomic E-state index is 11.7. The van der Waals surface area contributed by atoms with Gasteiger partial charge in [-0.1, -0.05) is 13.8 Å². The van der Waals surface area contributed by atoms with Crippen LogP contribution in [0.4, 0.5) is 5.82 Å². The molecule has 1 aromatic heterocycles. The summed E-state index contributed by atoms with van der Waals surface area (Å²) in [6.45, 7) is 7.30. The highest BCUT2D eigenvalue weighted by Crippen LogP contribution is 2.34. The van der Waals surface area contributed by atoms with Crippen molar-refractivity contribution < 1.29 is 14.6 Å². The Bertz CT molecular complexity index is 505. The molecule has 6 heteroatoms. The van der Waals surface area contributed by atoms with Crippen molar-refractivity contribution in [3.05, 3.63) is 18.1 Å². The van der Waals surface area contributed by atoms with Gasteiger partial charge in [-0.05, 0) is 31.2 Å². The molecule has 1 N–H and O–H groups in total. The zero-order valence-electron chi connectivity index (χ0n) is 12.9. The Morgan fingerprint density at radius 2 is 2.33 bits per heavy atom. The number of aliphatic hydroxyl groups excluding tert-OH is 1. The first kappa shape index (κ1) is 15.7. The molecule has 0 aromatic carbocycles. The number of carbonyl (C=O) groups is 1. The summed E-state index contributed by atoms with van der Waals surface area (Å²) in [4.78, 5) is 22.1. The van der Waals surface area contributed by atoms with Crippen LogP contribution in [0.2, 0.25) is 0 Å². The van der Waals surface area contributed by atoms with E-state index in [-0.39, 0.29) is 23.9 Å². The standard InChI is InChI=1S/C15H23N3O3/c1-4-21-14(20)13-16-8-6-12(17-13)18-10-15(2,3)7-5-11(18)9-19/h6,8,11,19H,4-5,7,9-10H2,1-3H3. The minimum absolute atomic E-state index is 0.0305. The normalized spacial score (nSPS) is 21.1. The van der Waals surface area contributed by atoms with E-state index in [1.807, 2.05) is 0 Å². The third kappa shape index (κ3) is 3.69. The minimum atomic E-state index is -0.517. The first-order valence-corrected chi connectivity index (χ1v) is 7.34. The number of hydrogen-bond donors (Lipinski definition) is 1. The Balaban J connectivity index is 2.26. The molecular weight excluding hydrogens is 270 g/mol. The fourth-order valence-electron chi connectivity index (χ4n) is 2.64. The lowest BCUT2D eigenvalue weighted by Gasteiger charge is -2.43. The summed E-state index contributed by atoms with van der Waals surface area (Å²) in [7, 11) is 0. The van der Waals surface area contributed by atoms with Gasteiger partial charge in [-0.2, -0.15) is 0 Å². The van der Waals surface area contributed by atoms with Gasteiger partial charge in [0, 0.05) is 12.7 Å². The van der Waals surface area contributed by atoms with Crippen molar-refractivity contribution in [2.45, 2.75) is 39.7 Å². The first-order chi connectivity index (χ1) is 9.96. The fraction of sp³-hybridized carbons (Fsp3) is 0.667. The molecule has 2 heterocycles. The van der Waals surface area contributed by atoms with E-state index in [4.69, 9.17) is 4.74 Å². The second kappa shape index (κ2) is 6.39. The Kier molecular flexibility index (Phi) is 4.77. The van der Waals surface area contributed by atoms with Gasteiger partial charge in [0.25, 0.3) is 0 Å². The van der Waals surface area contributed by atoms with Crippen LogP contribution in [0.3, 0.4) is 0 Å². The summed E-state index contributed by atoms with van der Waals surface area (Å²) in [5.41, 5.74) is 0.153. The van der Waals surface area contributed by atoms with Crippen LogP contribution in [-0.4, -0.2) is 46.8 Å². The average Bonchev–Trinajstić information content (AvgIpc) is 2.47. The highest BCUT2D eigenvalue weighted by atomic mass is 16.5. The van der Waals surface area contributed by atoms with E-state index in [0.29, 0.717) is 12.4 Å². The number of carbonyl (C=O) groups excluding carboxylic acids is 1. The van der Waals surface area contributed by atoms with E-state index in [1.165, 1.54) is 0 Å². The third-order valence-corrected chi connectivity index (χ3v) is 3.80. The molecule has 1 unspecified atom stereocenters. The highest BCUT2D eigenvalue weighted by Gasteiger charge is 2.33. The molecule has 1 aromatic rings. The molecule has 0 amide bonds. The molecule has 1 aliphatic rings. The van der Waals surface area contributed by atoms with Crippen molar-refractivity contribution in [2.24, 2.45) is 5.41 Å². The Morgan fingerprint density at radius 3 is 3.00 bits per heavy atom. The van der Waals surface area contributed by atoms with E-state index in [9.17, 15) is 9.90 Å². The van der Waals surface area contributed by atoms with E-state index >= 15 is 0 Å². The Hall–Kier alpha value is -1.69. The van der Waals surface area contributed by atoms with Gasteiger partial charge in [0.1, 0.15) is 5.82 Å². The number of esters is 1. The lowest BCUT2D eigenvalue weighted by molar-refractivity contribution is 0.0512. The zero-order valence-corrected chi connectivity index (χ0v) is 12.9. The second-order valence-electron chi connectivity index (χ2n) is 6.13. The van der Waals surface area contributed by atoms with Crippen LogP contribution in [0, 0.1) is 5.41 Å². The summed E-state index contributed by atoms with van der Waals surface area (Å²) in [6.07, 6.45) is 3.53. The van der Waals surface area contributed by atoms with Crippen molar-refractivity contribution in [1.29, 1.82) is 0 Å². The quantitative estimate of drug-likeness (QED) is 0.851. The largest absolute Gasteiger partial charge is 0.460 e. The third-order valence-electron chi connectivity index (χ3n) is 3.80. The van der Waals surface area contributed by atoms with Crippen LogP contribution >= 0.6 is 0 Å². The SMILES string of the molecule is CCOC(=O)c1nccc(N2CC(C)(C)CCC2CO)n1. The minimum Gasteiger partial charge on any atom is -0.460 e. The summed E-state index contributed by atoms with van der Waals surface area (Å²) >= 11 is 0. The van der Waals surface area contributed by atoms with Gasteiger partial charge >= 0.3 is 5.97 Å². The number of nitrogens with zero attached hydrogens (tertiary/aromatic N) is 3. The van der Waals surface area contributed by atoms with Gasteiger partial charge in [-0.15, -0.1) is 0 Å². The lowest BCUT2D eigenvalue weighted by Crippen LogP contribution is -2.49. The molecule has 6 nitrogen and oxygen atoms in total. The number of anilines is 1. The number of aromatic nitrogens is 2. The molecule has 116 valence electrons. The lowest BCUT2D eigenvalue weighted by atomic mass is 9.81. The van der Waals surface area contributed by atoms with Crippen LogP contribution in [0.25, 0.3) is 0 Å². The number of piperidine rings is 1. The zero-order chi connectivity index (χ0) is 15.5. The van der Waals surface area contributed by atoms with Gasteiger partial charge in [0.2, 0.25) is 5.82 Å². The smallest absolute Gasteiger partial charge is 0.376 e. The van der Waals surface area contributed by atoms with Crippen LogP contribution < -0.4 is 4.90 Å². The maximum Gasteiger partial charge on any atom is 0.376 e. The Labute approximate surface area is 125 Å². The molecule has 1 aliphatic heterocycles. The molecule has 1 saturated heterocycles. The molecule has 0 aliphatic carbocycles. The van der Waals surface area contributed by atoms with Crippen LogP contribution in [0.15, 0.2) is 12.3 Å². The summed E-state index contributed by atoms with van der Waals surface area (Å²) in [5, 5.41) is 9.58. The van der Waals surface area contributed by atoms with E-state index < -0.39 is 5.97 Å². The number of ether oxygens (including phenoxy) is 1. The van der Waals surface area contributed by atoms with Crippen LogP contribution in [-0.2, 0) is 4.74 Å². The molecule has 1 fully saturated rings. The Morgan fingerprint density at radius 1 is 1.57 bits per heavy atom. The van der Waals surface area contributed by atoms with Gasteiger partial charge in [0.15, 0.2) is 0 Å². The summed E-state index contributed by atoms with van der Waals surface area (Å²) < 4.78 is 4.93. The van der Waals surface area contributed by atoms with Gasteiger partial charge in [-0.25, -0.2) is 14.8 Å². The first-order valence-electron chi connectivity index (χ1n) is 7.34. The van der Waals surface area contributed by atoms with E-state index in [0.717, 1.165) is 19.4 Å². The van der Waals surface area contributed by atoms with Crippen molar-refractivity contribution in [1.82, 2.24) is 9.97 Å². The fourth-order valence-corrected chi connectivity index (χ4v) is 2.64. The molecule has 0 bridgehead atoms. The summed E-state index contributed by atoms with van der Waals surface area (Å²) in [5.74, 6) is 0.213. The second-order valence-corrected chi connectivity index (χ2v) is 6.13. The number of hydrogen-bond acceptors (Lipinski definition) is 6. The molecular formula is C15H23N3O3.